The Morgan fingerprint density at radius 3 is 2.88 bits per heavy atom. The van der Waals surface area contributed by atoms with E-state index in [1.54, 1.807) is 6.07 Å². The van der Waals surface area contributed by atoms with Crippen molar-refractivity contribution in [3.63, 3.8) is 0 Å². The number of aryl methyl sites for hydroxylation is 1. The summed E-state index contributed by atoms with van der Waals surface area (Å²) in [5.41, 5.74) is 0.906. The maximum atomic E-state index is 12.9. The fourth-order valence-corrected chi connectivity index (χ4v) is 1.36. The number of benzene rings is 1. The molecule has 0 N–H and O–H groups in total. The number of hydrogen-bond donors (Lipinski definition) is 0. The van der Waals surface area contributed by atoms with Crippen LogP contribution in [-0.2, 0) is 4.79 Å². The predicted octanol–water partition coefficient (Wildman–Crippen LogP) is 3.27. The Bertz CT molecular complexity index is 361. The van der Waals surface area contributed by atoms with Crippen LogP contribution in [-0.4, -0.2) is 12.4 Å². The van der Waals surface area contributed by atoms with Gasteiger partial charge in [0.05, 0.1) is 6.61 Å². The van der Waals surface area contributed by atoms with Gasteiger partial charge in [-0.25, -0.2) is 4.39 Å². The monoisotopic (exact) mass is 224 g/mol. The number of ether oxygens (including phenoxy) is 1. The van der Waals surface area contributed by atoms with Crippen molar-refractivity contribution in [3.05, 3.63) is 29.6 Å². The Morgan fingerprint density at radius 2 is 2.19 bits per heavy atom. The van der Waals surface area contributed by atoms with Crippen molar-refractivity contribution in [2.24, 2.45) is 0 Å². The molecule has 0 aliphatic rings. The van der Waals surface area contributed by atoms with Crippen LogP contribution in [0.4, 0.5) is 4.39 Å². The van der Waals surface area contributed by atoms with Gasteiger partial charge in [-0.05, 0) is 25.0 Å². The van der Waals surface area contributed by atoms with Crippen LogP contribution in [0.25, 0.3) is 0 Å². The molecule has 0 unspecified atom stereocenters. The minimum atomic E-state index is -0.301. The Hall–Kier alpha value is -1.38. The normalized spacial score (nSPS) is 10.2. The van der Waals surface area contributed by atoms with E-state index in [1.807, 2.05) is 13.8 Å². The molecule has 0 heterocycles. The molecule has 0 saturated heterocycles. The summed E-state index contributed by atoms with van der Waals surface area (Å²) in [6, 6.07) is 4.46. The van der Waals surface area contributed by atoms with Crippen molar-refractivity contribution in [1.82, 2.24) is 0 Å². The molecule has 0 radical (unpaired) electrons. The van der Waals surface area contributed by atoms with E-state index in [1.165, 1.54) is 12.1 Å². The van der Waals surface area contributed by atoms with Gasteiger partial charge in [0.1, 0.15) is 17.3 Å². The molecule has 0 aromatic heterocycles. The highest BCUT2D eigenvalue weighted by molar-refractivity contribution is 5.77. The van der Waals surface area contributed by atoms with E-state index in [0.717, 1.165) is 5.56 Å². The average Bonchev–Trinajstić information content (AvgIpc) is 2.28. The van der Waals surface area contributed by atoms with E-state index in [0.29, 0.717) is 31.6 Å². The lowest BCUT2D eigenvalue weighted by atomic mass is 10.2. The van der Waals surface area contributed by atoms with Crippen LogP contribution in [0.2, 0.25) is 0 Å². The summed E-state index contributed by atoms with van der Waals surface area (Å²) < 4.78 is 18.3. The van der Waals surface area contributed by atoms with E-state index >= 15 is 0 Å². The summed E-state index contributed by atoms with van der Waals surface area (Å²) in [6.07, 6.45) is 1.78. The lowest BCUT2D eigenvalue weighted by Crippen LogP contribution is -2.03. The Kier molecular flexibility index (Phi) is 4.96. The third-order valence-corrected chi connectivity index (χ3v) is 2.40. The summed E-state index contributed by atoms with van der Waals surface area (Å²) in [4.78, 5) is 11.0. The zero-order chi connectivity index (χ0) is 12.0. The van der Waals surface area contributed by atoms with Crippen molar-refractivity contribution >= 4 is 5.78 Å². The lowest BCUT2D eigenvalue weighted by molar-refractivity contribution is -0.118. The zero-order valence-electron chi connectivity index (χ0n) is 9.75. The lowest BCUT2D eigenvalue weighted by Gasteiger charge is -2.08. The van der Waals surface area contributed by atoms with Crippen LogP contribution < -0.4 is 4.74 Å². The average molecular weight is 224 g/mol. The topological polar surface area (TPSA) is 26.3 Å². The maximum Gasteiger partial charge on any atom is 0.132 e. The molecule has 3 heteroatoms. The molecule has 16 heavy (non-hydrogen) atoms. The van der Waals surface area contributed by atoms with Gasteiger partial charge in [0.15, 0.2) is 0 Å². The number of carbonyl (C=O) groups is 1. The highest BCUT2D eigenvalue weighted by Crippen LogP contribution is 2.18. The first-order chi connectivity index (χ1) is 7.63. The first kappa shape index (κ1) is 12.7. The Labute approximate surface area is 95.4 Å². The van der Waals surface area contributed by atoms with Crippen LogP contribution >= 0.6 is 0 Å². The highest BCUT2D eigenvalue weighted by atomic mass is 19.1. The van der Waals surface area contributed by atoms with Gasteiger partial charge in [0.25, 0.3) is 0 Å². The van der Waals surface area contributed by atoms with Crippen molar-refractivity contribution in [3.8, 4) is 5.75 Å². The minimum Gasteiger partial charge on any atom is -0.493 e. The summed E-state index contributed by atoms with van der Waals surface area (Å²) >= 11 is 0. The van der Waals surface area contributed by atoms with E-state index in [-0.39, 0.29) is 11.6 Å². The molecule has 1 aromatic rings. The van der Waals surface area contributed by atoms with Gasteiger partial charge < -0.3 is 4.74 Å². The molecule has 0 amide bonds. The minimum absolute atomic E-state index is 0.236. The van der Waals surface area contributed by atoms with Crippen LogP contribution in [0.1, 0.15) is 31.7 Å². The summed E-state index contributed by atoms with van der Waals surface area (Å²) in [7, 11) is 0. The van der Waals surface area contributed by atoms with Gasteiger partial charge >= 0.3 is 0 Å². The number of halogens is 1. The van der Waals surface area contributed by atoms with Crippen molar-refractivity contribution in [2.45, 2.75) is 33.1 Å². The van der Waals surface area contributed by atoms with Gasteiger partial charge in [-0.1, -0.05) is 13.0 Å². The highest BCUT2D eigenvalue weighted by Gasteiger charge is 2.02. The summed E-state index contributed by atoms with van der Waals surface area (Å²) in [6.45, 7) is 4.17. The third kappa shape index (κ3) is 4.01. The van der Waals surface area contributed by atoms with E-state index in [4.69, 9.17) is 4.74 Å². The Balaban J connectivity index is 2.37. The second-order valence-corrected chi connectivity index (χ2v) is 3.75. The van der Waals surface area contributed by atoms with Gasteiger partial charge in [0, 0.05) is 18.9 Å². The van der Waals surface area contributed by atoms with Gasteiger partial charge in [-0.3, -0.25) is 4.79 Å². The summed E-state index contributed by atoms with van der Waals surface area (Å²) in [5.74, 6) is 0.494. The first-order valence-electron chi connectivity index (χ1n) is 5.54. The third-order valence-electron chi connectivity index (χ3n) is 2.40. The molecule has 0 aliphatic carbocycles. The molecular weight excluding hydrogens is 207 g/mol. The fraction of sp³-hybridized carbons (Fsp3) is 0.462. The molecule has 88 valence electrons. The van der Waals surface area contributed by atoms with Crippen LogP contribution in [0.15, 0.2) is 18.2 Å². The van der Waals surface area contributed by atoms with E-state index in [9.17, 15) is 9.18 Å². The predicted molar refractivity (Wildman–Crippen MR) is 61.2 cm³/mol. The number of carbonyl (C=O) groups excluding carboxylic acids is 1. The van der Waals surface area contributed by atoms with Crippen LogP contribution in [0, 0.1) is 12.7 Å². The SMILES string of the molecule is CCC(=O)CCCOc1cc(F)ccc1C. The van der Waals surface area contributed by atoms with Gasteiger partial charge in [0.2, 0.25) is 0 Å². The van der Waals surface area contributed by atoms with E-state index < -0.39 is 0 Å². The van der Waals surface area contributed by atoms with Crippen molar-refractivity contribution in [2.75, 3.05) is 6.61 Å². The molecule has 1 aromatic carbocycles. The second kappa shape index (κ2) is 6.26. The molecule has 1 rings (SSSR count). The molecular formula is C13H17FO2. The second-order valence-electron chi connectivity index (χ2n) is 3.75. The Morgan fingerprint density at radius 1 is 1.44 bits per heavy atom. The van der Waals surface area contributed by atoms with E-state index in [2.05, 4.69) is 0 Å². The molecule has 0 spiro atoms. The number of hydrogen-bond acceptors (Lipinski definition) is 2. The van der Waals surface area contributed by atoms with Gasteiger partial charge in [-0.15, -0.1) is 0 Å². The van der Waals surface area contributed by atoms with Gasteiger partial charge in [-0.2, -0.15) is 0 Å². The summed E-state index contributed by atoms with van der Waals surface area (Å²) in [5, 5.41) is 0. The van der Waals surface area contributed by atoms with Crippen LogP contribution in [0.5, 0.6) is 5.75 Å². The fourth-order valence-electron chi connectivity index (χ4n) is 1.36. The number of Topliss-reactive ketones (excluding diaryl/α,β-unsaturated/α-hetero) is 1. The van der Waals surface area contributed by atoms with Crippen LogP contribution in [0.3, 0.4) is 0 Å². The largest absolute Gasteiger partial charge is 0.493 e. The molecule has 2 nitrogen and oxygen atoms in total. The van der Waals surface area contributed by atoms with Crippen molar-refractivity contribution in [1.29, 1.82) is 0 Å². The van der Waals surface area contributed by atoms with Crippen molar-refractivity contribution < 1.29 is 13.9 Å². The molecule has 0 saturated carbocycles. The molecule has 0 atom stereocenters. The standard InChI is InChI=1S/C13H17FO2/c1-3-12(15)5-4-8-16-13-9-11(14)7-6-10(13)2/h6-7,9H,3-5,8H2,1-2H3. The molecule has 0 bridgehead atoms. The molecule has 0 fully saturated rings. The first-order valence-corrected chi connectivity index (χ1v) is 5.54. The quantitative estimate of drug-likeness (QED) is 0.693. The maximum absolute atomic E-state index is 12.9. The number of rotatable bonds is 6. The zero-order valence-corrected chi connectivity index (χ0v) is 9.75. The molecule has 0 aliphatic heterocycles. The smallest absolute Gasteiger partial charge is 0.132 e. The number of ketones is 1.